The van der Waals surface area contributed by atoms with E-state index in [1.807, 2.05) is 158 Å². The second-order valence-corrected chi connectivity index (χ2v) is 17.8. The highest BCUT2D eigenvalue weighted by atomic mass is 31.2. The number of benzene rings is 6. The largest absolute Gasteiger partial charge is 0.490 e. The van der Waals surface area contributed by atoms with E-state index in [-0.39, 0.29) is 12.2 Å². The molecular formula is C42H38O4P2. The second kappa shape index (κ2) is 13.5. The van der Waals surface area contributed by atoms with Gasteiger partial charge < -0.3 is 18.6 Å². The van der Waals surface area contributed by atoms with E-state index < -0.39 is 14.3 Å². The number of ether oxygens (including phenoxy) is 2. The Balaban J connectivity index is 1.65. The topological polar surface area (TPSA) is 52.6 Å². The summed E-state index contributed by atoms with van der Waals surface area (Å²) < 4.78 is 45.9. The van der Waals surface area contributed by atoms with Gasteiger partial charge in [0.15, 0.2) is 14.3 Å². The molecule has 48 heavy (non-hydrogen) atoms. The van der Waals surface area contributed by atoms with Gasteiger partial charge in [0.1, 0.15) is 11.5 Å². The number of hydrogen-bond donors (Lipinski definition) is 0. The fourth-order valence-corrected chi connectivity index (χ4v) is 12.4. The quantitative estimate of drug-likeness (QED) is 0.169. The Hall–Kier alpha value is -4.62. The van der Waals surface area contributed by atoms with E-state index in [0.29, 0.717) is 54.5 Å². The Kier molecular flexibility index (Phi) is 8.97. The Labute approximate surface area is 283 Å². The summed E-state index contributed by atoms with van der Waals surface area (Å²) >= 11 is 0. The highest BCUT2D eigenvalue weighted by molar-refractivity contribution is 7.86. The minimum Gasteiger partial charge on any atom is -0.490 e. The molecule has 4 nitrogen and oxygen atoms in total. The molecule has 240 valence electrons. The highest BCUT2D eigenvalue weighted by Gasteiger charge is 2.39. The lowest BCUT2D eigenvalue weighted by Gasteiger charge is -2.31. The van der Waals surface area contributed by atoms with Crippen LogP contribution in [0.15, 0.2) is 158 Å². The van der Waals surface area contributed by atoms with Gasteiger partial charge in [0.05, 0.1) is 12.2 Å². The zero-order chi connectivity index (χ0) is 33.1. The van der Waals surface area contributed by atoms with Crippen molar-refractivity contribution in [1.82, 2.24) is 0 Å². The Bertz CT molecular complexity index is 1870. The lowest BCUT2D eigenvalue weighted by atomic mass is 10.0. The summed E-state index contributed by atoms with van der Waals surface area (Å²) in [7, 11) is -7.05. The van der Waals surface area contributed by atoms with E-state index >= 15 is 9.13 Å². The van der Waals surface area contributed by atoms with Crippen LogP contribution >= 0.6 is 14.3 Å². The third-order valence-corrected chi connectivity index (χ3v) is 15.3. The van der Waals surface area contributed by atoms with Crippen molar-refractivity contribution < 1.29 is 18.6 Å². The van der Waals surface area contributed by atoms with Crippen molar-refractivity contribution in [1.29, 1.82) is 0 Å². The average Bonchev–Trinajstić information content (AvgIpc) is 3.14. The van der Waals surface area contributed by atoms with Crippen LogP contribution in [-0.2, 0) is 9.13 Å². The van der Waals surface area contributed by atoms with Crippen molar-refractivity contribution in [2.24, 2.45) is 0 Å². The van der Waals surface area contributed by atoms with Gasteiger partial charge in [-0.15, -0.1) is 0 Å². The molecule has 0 amide bonds. The van der Waals surface area contributed by atoms with Crippen LogP contribution in [0.4, 0.5) is 0 Å². The third kappa shape index (κ3) is 5.74. The van der Waals surface area contributed by atoms with Crippen molar-refractivity contribution in [3.05, 3.63) is 158 Å². The van der Waals surface area contributed by atoms with Crippen LogP contribution < -0.4 is 41.3 Å². The molecule has 0 aromatic heterocycles. The molecule has 1 heterocycles. The maximum Gasteiger partial charge on any atom is 0.171 e. The lowest BCUT2D eigenvalue weighted by Crippen LogP contribution is -2.31. The first-order valence-corrected chi connectivity index (χ1v) is 19.9. The molecule has 6 heteroatoms. The lowest BCUT2D eigenvalue weighted by molar-refractivity contribution is 0.159. The fourth-order valence-electron chi connectivity index (χ4n) is 6.69. The van der Waals surface area contributed by atoms with Crippen LogP contribution in [0.1, 0.15) is 26.7 Å². The minimum atomic E-state index is -3.53. The maximum atomic E-state index is 16.1. The van der Waals surface area contributed by atoms with Gasteiger partial charge in [0.2, 0.25) is 0 Å². The van der Waals surface area contributed by atoms with Crippen LogP contribution in [0, 0.1) is 0 Å². The molecule has 0 fully saturated rings. The SMILES string of the molecule is C[C@@H]1CC[C@@H](C)Oc2cccc(P(=O)(c3ccccc3)c3ccccc3)c2-c2c(cccc2P(=O)(c2ccccc2)c2ccccc2)O1. The van der Waals surface area contributed by atoms with Gasteiger partial charge in [-0.2, -0.15) is 0 Å². The van der Waals surface area contributed by atoms with E-state index in [4.69, 9.17) is 9.47 Å². The predicted octanol–water partition coefficient (Wildman–Crippen LogP) is 7.96. The predicted molar refractivity (Wildman–Crippen MR) is 200 cm³/mol. The summed E-state index contributed by atoms with van der Waals surface area (Å²) in [6.45, 7) is 4.12. The van der Waals surface area contributed by atoms with Gasteiger partial charge >= 0.3 is 0 Å². The smallest absolute Gasteiger partial charge is 0.171 e. The molecule has 7 rings (SSSR count). The zero-order valence-corrected chi connectivity index (χ0v) is 28.9. The summed E-state index contributed by atoms with van der Waals surface area (Å²) in [5, 5.41) is 4.05. The van der Waals surface area contributed by atoms with Gasteiger partial charge in [0.25, 0.3) is 0 Å². The third-order valence-electron chi connectivity index (χ3n) is 9.05. The van der Waals surface area contributed by atoms with Crippen LogP contribution in [0.5, 0.6) is 11.5 Å². The second-order valence-electron chi connectivity index (χ2n) is 12.3. The molecule has 0 saturated carbocycles. The van der Waals surface area contributed by atoms with Crippen LogP contribution in [-0.4, -0.2) is 12.2 Å². The fraction of sp³-hybridized carbons (Fsp3) is 0.143. The number of fused-ring (bicyclic) bond motifs is 3. The summed E-state index contributed by atoms with van der Waals surface area (Å²) in [5.74, 6) is 1.18. The van der Waals surface area contributed by atoms with Crippen molar-refractivity contribution in [2.45, 2.75) is 38.9 Å². The van der Waals surface area contributed by atoms with Gasteiger partial charge in [-0.1, -0.05) is 133 Å². The van der Waals surface area contributed by atoms with E-state index in [1.54, 1.807) is 0 Å². The molecule has 0 radical (unpaired) electrons. The van der Waals surface area contributed by atoms with E-state index in [1.165, 1.54) is 0 Å². The maximum absolute atomic E-state index is 16.1. The van der Waals surface area contributed by atoms with Gasteiger partial charge in [0, 0.05) is 43.0 Å². The van der Waals surface area contributed by atoms with Crippen molar-refractivity contribution in [2.75, 3.05) is 0 Å². The van der Waals surface area contributed by atoms with Gasteiger partial charge in [-0.3, -0.25) is 0 Å². The minimum absolute atomic E-state index is 0.137. The molecule has 2 atom stereocenters. The first-order valence-electron chi connectivity index (χ1n) is 16.4. The van der Waals surface area contributed by atoms with Crippen molar-refractivity contribution >= 4 is 46.1 Å². The first kappa shape index (κ1) is 32.0. The molecule has 0 N–H and O–H groups in total. The summed E-state index contributed by atoms with van der Waals surface area (Å²) in [4.78, 5) is 0. The van der Waals surface area contributed by atoms with Gasteiger partial charge in [-0.25, -0.2) is 0 Å². The number of hydrogen-bond acceptors (Lipinski definition) is 4. The number of rotatable bonds is 6. The molecule has 0 unspecified atom stereocenters. The standard InChI is InChI=1S/C42H38O4P2/c1-31-29-30-32(2)46-38-26-16-28-40(48(44,35-21-11-5-12-22-35)36-23-13-6-14-24-36)42(38)41-37(45-31)25-15-27-39(41)47(43,33-17-7-3-8-18-33)34-19-9-4-10-20-34/h3-28,31-32H,29-30H2,1-2H3/t31-,32-/m1/s1. The van der Waals surface area contributed by atoms with E-state index in [2.05, 4.69) is 13.8 Å². The summed E-state index contributed by atoms with van der Waals surface area (Å²) in [6.07, 6.45) is 1.28. The monoisotopic (exact) mass is 668 g/mol. The molecule has 0 saturated heterocycles. The first-order chi connectivity index (χ1) is 23.4. The van der Waals surface area contributed by atoms with Crippen LogP contribution in [0.25, 0.3) is 11.1 Å². The van der Waals surface area contributed by atoms with Crippen molar-refractivity contribution in [3.63, 3.8) is 0 Å². The molecule has 0 bridgehead atoms. The summed E-state index contributed by atoms with van der Waals surface area (Å²) in [6, 6.07) is 50.2. The molecule has 0 spiro atoms. The van der Waals surface area contributed by atoms with Gasteiger partial charge in [-0.05, 0) is 51.0 Å². The average molecular weight is 669 g/mol. The Morgan fingerprint density at radius 1 is 0.417 bits per heavy atom. The molecular weight excluding hydrogens is 630 g/mol. The zero-order valence-electron chi connectivity index (χ0n) is 27.1. The molecule has 1 aliphatic rings. The Morgan fingerprint density at radius 2 is 0.708 bits per heavy atom. The summed E-state index contributed by atoms with van der Waals surface area (Å²) in [5.41, 5.74) is 1.29. The Morgan fingerprint density at radius 3 is 1.00 bits per heavy atom. The highest BCUT2D eigenvalue weighted by Crippen LogP contribution is 2.53. The molecule has 0 aliphatic carbocycles. The van der Waals surface area contributed by atoms with Crippen LogP contribution in [0.2, 0.25) is 0 Å². The normalized spacial score (nSPS) is 16.5. The molecule has 6 aromatic carbocycles. The van der Waals surface area contributed by atoms with Crippen molar-refractivity contribution in [3.8, 4) is 22.6 Å². The van der Waals surface area contributed by atoms with E-state index in [0.717, 1.165) is 12.8 Å². The van der Waals surface area contributed by atoms with Crippen LogP contribution in [0.3, 0.4) is 0 Å². The molecule has 1 aliphatic heterocycles. The van der Waals surface area contributed by atoms with E-state index in [9.17, 15) is 0 Å². The molecule has 6 aromatic rings.